The molecule has 0 N–H and O–H groups in total. The molecule has 1 fully saturated rings. The van der Waals surface area contributed by atoms with Gasteiger partial charge in [-0.15, -0.1) is 0 Å². The maximum Gasteiger partial charge on any atom is 0.274 e. The maximum atomic E-state index is 12.7. The minimum Gasteiger partial charge on any atom is -0.339 e. The lowest BCUT2D eigenvalue weighted by Crippen LogP contribution is -2.51. The van der Waals surface area contributed by atoms with Crippen LogP contribution >= 0.6 is 0 Å². The number of hydrogen-bond donors (Lipinski definition) is 0. The number of benzene rings is 2. The van der Waals surface area contributed by atoms with Gasteiger partial charge in [-0.1, -0.05) is 54.6 Å². The lowest BCUT2D eigenvalue weighted by molar-refractivity contribution is -0.131. The number of rotatable bonds is 4. The molecule has 3 aromatic rings. The Hall–Kier alpha value is -3.54. The van der Waals surface area contributed by atoms with Gasteiger partial charge < -0.3 is 9.80 Å². The van der Waals surface area contributed by atoms with Gasteiger partial charge in [-0.05, 0) is 16.7 Å². The second-order valence-corrected chi connectivity index (χ2v) is 7.00. The number of nitrogens with zero attached hydrogens (tertiary/aromatic N) is 4. The summed E-state index contributed by atoms with van der Waals surface area (Å²) in [6.45, 7) is 2.09. The van der Waals surface area contributed by atoms with E-state index in [0.717, 1.165) is 16.7 Å². The van der Waals surface area contributed by atoms with E-state index in [2.05, 4.69) is 34.2 Å². The Morgan fingerprint density at radius 1 is 0.793 bits per heavy atom. The first-order valence-electron chi connectivity index (χ1n) is 9.68. The van der Waals surface area contributed by atoms with Crippen molar-refractivity contribution in [3.63, 3.8) is 0 Å². The third kappa shape index (κ3) is 4.48. The molecular weight excluding hydrogens is 364 g/mol. The van der Waals surface area contributed by atoms with Crippen LogP contribution < -0.4 is 0 Å². The largest absolute Gasteiger partial charge is 0.339 e. The second kappa shape index (κ2) is 8.65. The third-order valence-corrected chi connectivity index (χ3v) is 5.12. The highest BCUT2D eigenvalue weighted by atomic mass is 16.2. The maximum absolute atomic E-state index is 12.7. The molecule has 146 valence electrons. The van der Waals surface area contributed by atoms with Crippen LogP contribution in [0.5, 0.6) is 0 Å². The van der Waals surface area contributed by atoms with Gasteiger partial charge in [0.1, 0.15) is 5.69 Å². The highest BCUT2D eigenvalue weighted by molar-refractivity contribution is 5.92. The van der Waals surface area contributed by atoms with Gasteiger partial charge >= 0.3 is 0 Å². The minimum absolute atomic E-state index is 0.0871. The van der Waals surface area contributed by atoms with E-state index in [4.69, 9.17) is 0 Å². The Morgan fingerprint density at radius 2 is 1.45 bits per heavy atom. The van der Waals surface area contributed by atoms with Gasteiger partial charge in [0, 0.05) is 38.6 Å². The van der Waals surface area contributed by atoms with E-state index in [1.807, 2.05) is 35.2 Å². The fourth-order valence-corrected chi connectivity index (χ4v) is 3.46. The molecule has 0 aliphatic carbocycles. The molecule has 0 unspecified atom stereocenters. The van der Waals surface area contributed by atoms with E-state index >= 15 is 0 Å². The normalized spacial score (nSPS) is 13.9. The number of piperazine rings is 1. The standard InChI is InChI=1S/C23H22N4O2/c28-22(16-18-6-8-20(9-7-18)19-4-2-1-3-5-19)26-12-14-27(15-13-26)23(29)21-17-24-10-11-25-21/h1-11,17H,12-16H2. The second-order valence-electron chi connectivity index (χ2n) is 7.00. The summed E-state index contributed by atoms with van der Waals surface area (Å²) in [5.74, 6) is -0.0502. The van der Waals surface area contributed by atoms with E-state index in [9.17, 15) is 9.59 Å². The summed E-state index contributed by atoms with van der Waals surface area (Å²) in [5.41, 5.74) is 3.63. The molecule has 29 heavy (non-hydrogen) atoms. The van der Waals surface area contributed by atoms with Gasteiger partial charge in [-0.2, -0.15) is 0 Å². The Kier molecular flexibility index (Phi) is 5.61. The van der Waals surface area contributed by atoms with Crippen LogP contribution in [0.2, 0.25) is 0 Å². The monoisotopic (exact) mass is 386 g/mol. The molecule has 0 spiro atoms. The van der Waals surface area contributed by atoms with Gasteiger partial charge in [0.05, 0.1) is 12.6 Å². The van der Waals surface area contributed by atoms with Crippen molar-refractivity contribution in [2.75, 3.05) is 26.2 Å². The van der Waals surface area contributed by atoms with E-state index < -0.39 is 0 Å². The molecule has 2 aromatic carbocycles. The molecule has 0 radical (unpaired) electrons. The summed E-state index contributed by atoms with van der Waals surface area (Å²) < 4.78 is 0. The first-order chi connectivity index (χ1) is 14.2. The summed E-state index contributed by atoms with van der Waals surface area (Å²) in [6.07, 6.45) is 4.89. The van der Waals surface area contributed by atoms with Crippen LogP contribution in [0.15, 0.2) is 73.2 Å². The molecule has 1 aliphatic heterocycles. The molecule has 1 saturated heterocycles. The SMILES string of the molecule is O=C(Cc1ccc(-c2ccccc2)cc1)N1CCN(C(=O)c2cnccn2)CC1. The summed E-state index contributed by atoms with van der Waals surface area (Å²) in [4.78, 5) is 36.7. The van der Waals surface area contributed by atoms with Gasteiger partial charge in [-0.25, -0.2) is 4.98 Å². The van der Waals surface area contributed by atoms with Crippen LogP contribution in [0.25, 0.3) is 11.1 Å². The third-order valence-electron chi connectivity index (χ3n) is 5.12. The van der Waals surface area contributed by atoms with Gasteiger partial charge in [0.2, 0.25) is 5.91 Å². The molecule has 0 saturated carbocycles. The average molecular weight is 386 g/mol. The highest BCUT2D eigenvalue weighted by Gasteiger charge is 2.25. The van der Waals surface area contributed by atoms with Crippen molar-refractivity contribution in [1.82, 2.24) is 19.8 Å². The van der Waals surface area contributed by atoms with Crippen LogP contribution in [-0.2, 0) is 11.2 Å². The van der Waals surface area contributed by atoms with Crippen LogP contribution in [-0.4, -0.2) is 57.8 Å². The summed E-state index contributed by atoms with van der Waals surface area (Å²) in [7, 11) is 0. The number of carbonyl (C=O) groups is 2. The zero-order valence-electron chi connectivity index (χ0n) is 16.1. The smallest absolute Gasteiger partial charge is 0.274 e. The molecule has 0 bridgehead atoms. The van der Waals surface area contributed by atoms with Gasteiger partial charge in [0.25, 0.3) is 5.91 Å². The Balaban J connectivity index is 1.31. The molecule has 6 heteroatoms. The number of aromatic nitrogens is 2. The lowest BCUT2D eigenvalue weighted by atomic mass is 10.0. The van der Waals surface area contributed by atoms with Crippen LogP contribution in [0, 0.1) is 0 Å². The minimum atomic E-state index is -0.137. The van der Waals surface area contributed by atoms with Crippen molar-refractivity contribution in [3.8, 4) is 11.1 Å². The number of hydrogen-bond acceptors (Lipinski definition) is 4. The molecule has 1 aromatic heterocycles. The topological polar surface area (TPSA) is 66.4 Å². The van der Waals surface area contributed by atoms with Crippen molar-refractivity contribution >= 4 is 11.8 Å². The summed E-state index contributed by atoms with van der Waals surface area (Å²) in [6, 6.07) is 18.3. The molecule has 6 nitrogen and oxygen atoms in total. The molecule has 2 heterocycles. The first kappa shape index (κ1) is 18.8. The number of amides is 2. The summed E-state index contributed by atoms with van der Waals surface area (Å²) in [5, 5.41) is 0. The predicted octanol–water partition coefficient (Wildman–Crippen LogP) is 2.67. The van der Waals surface area contributed by atoms with Crippen molar-refractivity contribution in [1.29, 1.82) is 0 Å². The summed E-state index contributed by atoms with van der Waals surface area (Å²) >= 11 is 0. The fourth-order valence-electron chi connectivity index (χ4n) is 3.46. The Bertz CT molecular complexity index is 967. The molecule has 2 amide bonds. The number of carbonyl (C=O) groups excluding carboxylic acids is 2. The van der Waals surface area contributed by atoms with E-state index in [1.54, 1.807) is 11.1 Å². The lowest BCUT2D eigenvalue weighted by Gasteiger charge is -2.34. The van der Waals surface area contributed by atoms with E-state index in [1.165, 1.54) is 12.4 Å². The van der Waals surface area contributed by atoms with Crippen molar-refractivity contribution < 1.29 is 9.59 Å². The quantitative estimate of drug-likeness (QED) is 0.691. The van der Waals surface area contributed by atoms with E-state index in [0.29, 0.717) is 38.3 Å². The molecule has 4 rings (SSSR count). The van der Waals surface area contributed by atoms with Crippen molar-refractivity contribution in [2.24, 2.45) is 0 Å². The van der Waals surface area contributed by atoms with Crippen LogP contribution in [0.4, 0.5) is 0 Å². The fraction of sp³-hybridized carbons (Fsp3) is 0.217. The van der Waals surface area contributed by atoms with Crippen molar-refractivity contribution in [2.45, 2.75) is 6.42 Å². The van der Waals surface area contributed by atoms with Gasteiger partial charge in [0.15, 0.2) is 0 Å². The Morgan fingerprint density at radius 3 is 2.10 bits per heavy atom. The average Bonchev–Trinajstić information content (AvgIpc) is 2.80. The first-order valence-corrected chi connectivity index (χ1v) is 9.68. The zero-order chi connectivity index (χ0) is 20.1. The van der Waals surface area contributed by atoms with Crippen molar-refractivity contribution in [3.05, 3.63) is 84.4 Å². The van der Waals surface area contributed by atoms with E-state index in [-0.39, 0.29) is 11.8 Å². The van der Waals surface area contributed by atoms with Gasteiger partial charge in [-0.3, -0.25) is 14.6 Å². The van der Waals surface area contributed by atoms with Crippen LogP contribution in [0.3, 0.4) is 0 Å². The zero-order valence-corrected chi connectivity index (χ0v) is 16.1. The van der Waals surface area contributed by atoms with Crippen LogP contribution in [0.1, 0.15) is 16.1 Å². The predicted molar refractivity (Wildman–Crippen MR) is 110 cm³/mol. The highest BCUT2D eigenvalue weighted by Crippen LogP contribution is 2.19. The molecule has 0 atom stereocenters. The Labute approximate surface area is 169 Å². The molecular formula is C23H22N4O2. The molecule has 1 aliphatic rings.